The Bertz CT molecular complexity index is 635. The SMILES string of the molecule is CCN=C([S-])N/N=C(C)/C(=N/NC([S-])=NCC)c1cccn1C.[Cu+2]. The average Bonchev–Trinajstić information content (AvgIpc) is 2.92. The summed E-state index contributed by atoms with van der Waals surface area (Å²) in [6.45, 7) is 6.85. The Morgan fingerprint density at radius 1 is 1.08 bits per heavy atom. The topological polar surface area (TPSA) is 78.4 Å². The van der Waals surface area contributed by atoms with Gasteiger partial charge < -0.3 is 29.8 Å². The summed E-state index contributed by atoms with van der Waals surface area (Å²) >= 11 is 10.1. The van der Waals surface area contributed by atoms with Crippen LogP contribution in [0.3, 0.4) is 0 Å². The standard InChI is InChI=1S/C14H23N7S2.Cu/c1-5-15-13(22)19-17-10(3)12(11-8-7-9-21(11)4)18-20-14(23)16-6-2;/h7-9H,5-6H2,1-4H3,(H2,15,19,22)(H2,16,20,23);/q;+2/p-2/b17-10+,18-12-;. The third-order valence-electron chi connectivity index (χ3n) is 2.72. The zero-order valence-corrected chi connectivity index (χ0v) is 16.6. The smallest absolute Gasteiger partial charge is 0.741 e. The van der Waals surface area contributed by atoms with Gasteiger partial charge in [0.1, 0.15) is 5.71 Å². The zero-order valence-electron chi connectivity index (χ0n) is 14.0. The summed E-state index contributed by atoms with van der Waals surface area (Å²) in [5, 5.41) is 9.24. The maximum absolute atomic E-state index is 5.08. The Morgan fingerprint density at radius 3 is 2.08 bits per heavy atom. The van der Waals surface area contributed by atoms with E-state index in [4.69, 9.17) is 25.3 Å². The van der Waals surface area contributed by atoms with Crippen molar-refractivity contribution in [2.24, 2.45) is 27.2 Å². The number of nitrogens with zero attached hydrogens (tertiary/aromatic N) is 5. The molecule has 0 aromatic carbocycles. The van der Waals surface area contributed by atoms with Crippen LogP contribution in [0.1, 0.15) is 26.5 Å². The molecule has 1 aromatic heterocycles. The van der Waals surface area contributed by atoms with Gasteiger partial charge >= 0.3 is 17.1 Å². The van der Waals surface area contributed by atoms with Crippen LogP contribution in [0.2, 0.25) is 0 Å². The molecule has 1 aromatic rings. The van der Waals surface area contributed by atoms with Crippen molar-refractivity contribution in [1.82, 2.24) is 15.4 Å². The van der Waals surface area contributed by atoms with E-state index >= 15 is 0 Å². The molecule has 0 aliphatic heterocycles. The van der Waals surface area contributed by atoms with Crippen LogP contribution in [0, 0.1) is 0 Å². The normalized spacial score (nSPS) is 13.5. The molecule has 10 heteroatoms. The summed E-state index contributed by atoms with van der Waals surface area (Å²) < 4.78 is 1.94. The number of aliphatic imine (C=N–C) groups is 2. The molecule has 0 spiro atoms. The Balaban J connectivity index is 0.00000529. The molecule has 0 unspecified atom stereocenters. The summed E-state index contributed by atoms with van der Waals surface area (Å²) in [6, 6.07) is 3.87. The van der Waals surface area contributed by atoms with Crippen molar-refractivity contribution < 1.29 is 17.1 Å². The van der Waals surface area contributed by atoms with E-state index in [1.165, 1.54) is 0 Å². The number of amidine groups is 2. The largest absolute Gasteiger partial charge is 2.00 e. The number of hydrogen-bond acceptors (Lipinski definition) is 6. The van der Waals surface area contributed by atoms with Gasteiger partial charge in [-0.1, -0.05) is 0 Å². The fraction of sp³-hybridized carbons (Fsp3) is 0.429. The van der Waals surface area contributed by atoms with Gasteiger partial charge in [0.25, 0.3) is 0 Å². The van der Waals surface area contributed by atoms with E-state index in [1.807, 2.05) is 50.7 Å². The Labute approximate surface area is 164 Å². The van der Waals surface area contributed by atoms with Crippen LogP contribution < -0.4 is 10.9 Å². The van der Waals surface area contributed by atoms with Crippen LogP contribution >= 0.6 is 0 Å². The summed E-state index contributed by atoms with van der Waals surface area (Å²) in [5.74, 6) is 0. The van der Waals surface area contributed by atoms with Crippen molar-refractivity contribution in [2.75, 3.05) is 13.1 Å². The van der Waals surface area contributed by atoms with E-state index in [2.05, 4.69) is 31.0 Å². The molecule has 7 nitrogen and oxygen atoms in total. The minimum absolute atomic E-state index is 0. The van der Waals surface area contributed by atoms with E-state index < -0.39 is 0 Å². The first kappa shape index (κ1) is 22.5. The quantitative estimate of drug-likeness (QED) is 0.240. The second-order valence-electron chi connectivity index (χ2n) is 4.44. The first-order chi connectivity index (χ1) is 11.0. The van der Waals surface area contributed by atoms with Gasteiger partial charge in [0.2, 0.25) is 0 Å². The number of nitrogens with one attached hydrogen (secondary N) is 2. The maximum Gasteiger partial charge on any atom is 2.00 e. The molecule has 24 heavy (non-hydrogen) atoms. The van der Waals surface area contributed by atoms with Gasteiger partial charge in [0.05, 0.1) is 11.4 Å². The first-order valence-electron chi connectivity index (χ1n) is 7.18. The number of hydrazone groups is 2. The van der Waals surface area contributed by atoms with Gasteiger partial charge in [-0.05, 0) is 43.2 Å². The number of aryl methyl sites for hydroxylation is 1. The molecule has 0 atom stereocenters. The van der Waals surface area contributed by atoms with Gasteiger partial charge in [0, 0.05) is 26.3 Å². The Kier molecular flexibility index (Phi) is 11.2. The van der Waals surface area contributed by atoms with Crippen molar-refractivity contribution >= 4 is 47.0 Å². The molecule has 1 radical (unpaired) electrons. The van der Waals surface area contributed by atoms with Crippen LogP contribution in [-0.4, -0.2) is 39.4 Å². The van der Waals surface area contributed by atoms with Gasteiger partial charge in [0.15, 0.2) is 0 Å². The van der Waals surface area contributed by atoms with Crippen molar-refractivity contribution in [3.63, 3.8) is 0 Å². The molecule has 0 saturated heterocycles. The Morgan fingerprint density at radius 2 is 1.62 bits per heavy atom. The molecule has 0 fully saturated rings. The van der Waals surface area contributed by atoms with Gasteiger partial charge in [-0.15, -0.1) is 0 Å². The van der Waals surface area contributed by atoms with Crippen molar-refractivity contribution in [3.8, 4) is 0 Å². The van der Waals surface area contributed by atoms with E-state index in [-0.39, 0.29) is 17.1 Å². The fourth-order valence-electron chi connectivity index (χ4n) is 1.68. The zero-order chi connectivity index (χ0) is 17.2. The second kappa shape index (κ2) is 12.0. The number of hydrogen-bond donors (Lipinski definition) is 2. The molecule has 0 aliphatic carbocycles. The second-order valence-corrected chi connectivity index (χ2v) is 5.22. The molecule has 1 rings (SSSR count). The monoisotopic (exact) mass is 414 g/mol. The maximum atomic E-state index is 5.08. The van der Waals surface area contributed by atoms with Crippen LogP contribution in [0.15, 0.2) is 38.5 Å². The third kappa shape index (κ3) is 7.39. The number of rotatable bonds is 6. The van der Waals surface area contributed by atoms with Crippen LogP contribution in [-0.2, 0) is 49.4 Å². The van der Waals surface area contributed by atoms with E-state index in [9.17, 15) is 0 Å². The van der Waals surface area contributed by atoms with E-state index in [0.717, 1.165) is 5.69 Å². The van der Waals surface area contributed by atoms with E-state index in [1.54, 1.807) is 0 Å². The molecule has 0 bridgehead atoms. The van der Waals surface area contributed by atoms with Gasteiger partial charge in [-0.25, -0.2) is 0 Å². The van der Waals surface area contributed by atoms with Crippen LogP contribution in [0.25, 0.3) is 0 Å². The van der Waals surface area contributed by atoms with Gasteiger partial charge in [-0.3, -0.25) is 20.8 Å². The fourth-order valence-corrected chi connectivity index (χ4v) is 2.03. The number of aromatic nitrogens is 1. The predicted octanol–water partition coefficient (Wildman–Crippen LogP) is 1.13. The minimum atomic E-state index is 0. The molecule has 1 heterocycles. The summed E-state index contributed by atoms with van der Waals surface area (Å²) in [6.07, 6.45) is 1.93. The molecule has 0 saturated carbocycles. The summed E-state index contributed by atoms with van der Waals surface area (Å²) in [7, 11) is 1.93. The molecular formula is C14H21CuN7S2. The average molecular weight is 415 g/mol. The summed E-state index contributed by atoms with van der Waals surface area (Å²) in [5.41, 5.74) is 7.67. The molecule has 135 valence electrons. The van der Waals surface area contributed by atoms with Crippen molar-refractivity contribution in [3.05, 3.63) is 24.0 Å². The first-order valence-corrected chi connectivity index (χ1v) is 8.00. The van der Waals surface area contributed by atoms with E-state index in [0.29, 0.717) is 34.8 Å². The van der Waals surface area contributed by atoms with Gasteiger partial charge in [-0.2, -0.15) is 10.2 Å². The van der Waals surface area contributed by atoms with Crippen molar-refractivity contribution in [2.45, 2.75) is 20.8 Å². The van der Waals surface area contributed by atoms with Crippen LogP contribution in [0.5, 0.6) is 0 Å². The predicted molar refractivity (Wildman–Crippen MR) is 102 cm³/mol. The minimum Gasteiger partial charge on any atom is -0.741 e. The van der Waals surface area contributed by atoms with Crippen molar-refractivity contribution in [1.29, 1.82) is 0 Å². The molecule has 0 aliphatic rings. The molecule has 2 N–H and O–H groups in total. The molecular weight excluding hydrogens is 394 g/mol. The van der Waals surface area contributed by atoms with Crippen LogP contribution in [0.4, 0.5) is 0 Å². The Hall–Kier alpha value is -1.48. The molecule has 0 amide bonds. The third-order valence-corrected chi connectivity index (χ3v) is 3.16. The summed E-state index contributed by atoms with van der Waals surface area (Å²) in [4.78, 5) is 8.12.